The first-order valence-corrected chi connectivity index (χ1v) is 10.3. The lowest BCUT2D eigenvalue weighted by atomic mass is 10.0. The van der Waals surface area contributed by atoms with Gasteiger partial charge in [0.1, 0.15) is 0 Å². The van der Waals surface area contributed by atoms with Gasteiger partial charge in [-0.2, -0.15) is 0 Å². The molecule has 0 spiro atoms. The lowest BCUT2D eigenvalue weighted by molar-refractivity contribution is -0.125. The van der Waals surface area contributed by atoms with E-state index in [4.69, 9.17) is 0 Å². The number of hydrogen-bond donors (Lipinski definition) is 2. The van der Waals surface area contributed by atoms with Crippen LogP contribution in [0, 0.1) is 0 Å². The number of carbonyl (C=O) groups excluding carboxylic acids is 2. The second kappa shape index (κ2) is 9.49. The Bertz CT molecular complexity index is 995. The minimum Gasteiger partial charge on any atom is -0.353 e. The van der Waals surface area contributed by atoms with Gasteiger partial charge in [0.25, 0.3) is 0 Å². The molecule has 0 unspecified atom stereocenters. The molecule has 4 rings (SSSR count). The van der Waals surface area contributed by atoms with Crippen LogP contribution >= 0.6 is 0 Å². The molecular formula is C22H26N6O2. The van der Waals surface area contributed by atoms with Crippen LogP contribution in [0.1, 0.15) is 31.2 Å². The average Bonchev–Trinajstić information content (AvgIpc) is 3.17. The molecule has 8 heteroatoms. The molecule has 0 bridgehead atoms. The highest BCUT2D eigenvalue weighted by Crippen LogP contribution is 2.14. The van der Waals surface area contributed by atoms with Gasteiger partial charge >= 0.3 is 0 Å². The molecule has 1 aliphatic heterocycles. The van der Waals surface area contributed by atoms with Crippen molar-refractivity contribution >= 4 is 23.4 Å². The van der Waals surface area contributed by atoms with Crippen molar-refractivity contribution in [2.75, 3.05) is 18.4 Å². The first kappa shape index (κ1) is 20.0. The van der Waals surface area contributed by atoms with Crippen LogP contribution < -0.4 is 10.6 Å². The van der Waals surface area contributed by atoms with Crippen LogP contribution in [0.5, 0.6) is 0 Å². The highest BCUT2D eigenvalue weighted by atomic mass is 16.2. The Morgan fingerprint density at radius 3 is 2.47 bits per heavy atom. The average molecular weight is 406 g/mol. The lowest BCUT2D eigenvalue weighted by Gasteiger charge is -2.32. The molecule has 0 aliphatic carbocycles. The van der Waals surface area contributed by atoms with Crippen molar-refractivity contribution in [3.63, 3.8) is 0 Å². The number of likely N-dealkylation sites (tertiary alicyclic amines) is 1. The number of rotatable bonds is 7. The van der Waals surface area contributed by atoms with Crippen LogP contribution in [0.15, 0.2) is 54.7 Å². The third-order valence-corrected chi connectivity index (χ3v) is 5.35. The maximum Gasteiger partial charge on any atom is 0.235 e. The molecule has 3 heterocycles. The molecule has 1 aliphatic rings. The van der Waals surface area contributed by atoms with E-state index in [0.717, 1.165) is 32.5 Å². The van der Waals surface area contributed by atoms with Gasteiger partial charge in [0.2, 0.25) is 17.8 Å². The van der Waals surface area contributed by atoms with Crippen LogP contribution in [0.4, 0.5) is 5.95 Å². The first-order valence-electron chi connectivity index (χ1n) is 10.3. The molecule has 1 saturated heterocycles. The Morgan fingerprint density at radius 1 is 0.933 bits per heavy atom. The first-order chi connectivity index (χ1) is 14.7. The summed E-state index contributed by atoms with van der Waals surface area (Å²) in [5.41, 5.74) is 1.97. The smallest absolute Gasteiger partial charge is 0.235 e. The number of piperidine rings is 1. The monoisotopic (exact) mass is 406 g/mol. The predicted octanol–water partition coefficient (Wildman–Crippen LogP) is 2.23. The van der Waals surface area contributed by atoms with Crippen LogP contribution in [0.25, 0.3) is 5.65 Å². The van der Waals surface area contributed by atoms with Crippen molar-refractivity contribution < 1.29 is 9.59 Å². The largest absolute Gasteiger partial charge is 0.353 e. The summed E-state index contributed by atoms with van der Waals surface area (Å²) in [4.78, 5) is 26.9. The Labute approximate surface area is 175 Å². The van der Waals surface area contributed by atoms with E-state index in [9.17, 15) is 9.59 Å². The SMILES string of the molecule is O=C(CCC(=O)NC1CCN(Cc2ccccc2)CC1)Nc1nnc2ccccn12. The van der Waals surface area contributed by atoms with E-state index < -0.39 is 0 Å². The van der Waals surface area contributed by atoms with Crippen LogP contribution in [-0.4, -0.2) is 50.4 Å². The molecule has 2 aromatic heterocycles. The van der Waals surface area contributed by atoms with Crippen molar-refractivity contribution in [3.8, 4) is 0 Å². The van der Waals surface area contributed by atoms with Gasteiger partial charge in [-0.05, 0) is 30.5 Å². The molecule has 2 amide bonds. The number of fused-ring (bicyclic) bond motifs is 1. The minimum atomic E-state index is -0.249. The number of aromatic nitrogens is 3. The van der Waals surface area contributed by atoms with Crippen molar-refractivity contribution in [2.45, 2.75) is 38.3 Å². The highest BCUT2D eigenvalue weighted by Gasteiger charge is 2.21. The van der Waals surface area contributed by atoms with Gasteiger partial charge in [0.05, 0.1) is 0 Å². The predicted molar refractivity (Wildman–Crippen MR) is 114 cm³/mol. The number of nitrogens with zero attached hydrogens (tertiary/aromatic N) is 4. The van der Waals surface area contributed by atoms with Gasteiger partial charge in [-0.25, -0.2) is 0 Å². The Hall–Kier alpha value is -3.26. The van der Waals surface area contributed by atoms with E-state index in [1.165, 1.54) is 5.56 Å². The molecular weight excluding hydrogens is 380 g/mol. The summed E-state index contributed by atoms with van der Waals surface area (Å²) in [6.07, 6.45) is 3.90. The summed E-state index contributed by atoms with van der Waals surface area (Å²) in [5.74, 6) is 0.0283. The van der Waals surface area contributed by atoms with Gasteiger partial charge in [0.15, 0.2) is 5.65 Å². The summed E-state index contributed by atoms with van der Waals surface area (Å²) >= 11 is 0. The summed E-state index contributed by atoms with van der Waals surface area (Å²) in [5, 5.41) is 13.7. The highest BCUT2D eigenvalue weighted by molar-refractivity contribution is 5.92. The Balaban J connectivity index is 1.17. The molecule has 0 atom stereocenters. The maximum atomic E-state index is 12.3. The van der Waals surface area contributed by atoms with Crippen LogP contribution in [0.2, 0.25) is 0 Å². The zero-order chi connectivity index (χ0) is 20.8. The van der Waals surface area contributed by atoms with E-state index in [0.29, 0.717) is 11.6 Å². The fourth-order valence-electron chi connectivity index (χ4n) is 3.72. The number of anilines is 1. The zero-order valence-corrected chi connectivity index (χ0v) is 16.8. The lowest BCUT2D eigenvalue weighted by Crippen LogP contribution is -2.44. The quantitative estimate of drug-likeness (QED) is 0.628. The number of nitrogens with one attached hydrogen (secondary N) is 2. The second-order valence-electron chi connectivity index (χ2n) is 7.60. The summed E-state index contributed by atoms with van der Waals surface area (Å²) in [6, 6.07) is 16.1. The number of hydrogen-bond acceptors (Lipinski definition) is 5. The Morgan fingerprint density at radius 2 is 1.67 bits per heavy atom. The molecule has 156 valence electrons. The normalized spacial score (nSPS) is 15.2. The van der Waals surface area contributed by atoms with E-state index >= 15 is 0 Å². The van der Waals surface area contributed by atoms with Gasteiger partial charge < -0.3 is 5.32 Å². The molecule has 0 radical (unpaired) electrons. The van der Waals surface area contributed by atoms with Crippen molar-refractivity contribution in [1.29, 1.82) is 0 Å². The van der Waals surface area contributed by atoms with E-state index in [1.807, 2.05) is 18.2 Å². The summed E-state index contributed by atoms with van der Waals surface area (Å²) in [6.45, 7) is 2.86. The fourth-order valence-corrected chi connectivity index (χ4v) is 3.72. The number of carbonyl (C=O) groups is 2. The molecule has 3 aromatic rings. The van der Waals surface area contributed by atoms with E-state index in [1.54, 1.807) is 16.7 Å². The molecule has 1 aromatic carbocycles. The van der Waals surface area contributed by atoms with Gasteiger partial charge in [-0.1, -0.05) is 36.4 Å². The molecule has 8 nitrogen and oxygen atoms in total. The van der Waals surface area contributed by atoms with Crippen LogP contribution in [-0.2, 0) is 16.1 Å². The van der Waals surface area contributed by atoms with Crippen molar-refractivity contribution in [3.05, 3.63) is 60.3 Å². The third-order valence-electron chi connectivity index (χ3n) is 5.35. The van der Waals surface area contributed by atoms with Crippen molar-refractivity contribution in [2.24, 2.45) is 0 Å². The summed E-state index contributed by atoms with van der Waals surface area (Å²) < 4.78 is 1.70. The minimum absolute atomic E-state index is 0.0854. The fraction of sp³-hybridized carbons (Fsp3) is 0.364. The molecule has 2 N–H and O–H groups in total. The topological polar surface area (TPSA) is 91.6 Å². The van der Waals surface area contributed by atoms with Gasteiger partial charge in [-0.3, -0.25) is 24.2 Å². The molecule has 1 fully saturated rings. The number of benzene rings is 1. The second-order valence-corrected chi connectivity index (χ2v) is 7.60. The molecule has 30 heavy (non-hydrogen) atoms. The van der Waals surface area contributed by atoms with Crippen LogP contribution in [0.3, 0.4) is 0 Å². The zero-order valence-electron chi connectivity index (χ0n) is 16.8. The Kier molecular flexibility index (Phi) is 6.34. The van der Waals surface area contributed by atoms with E-state index in [2.05, 4.69) is 50.0 Å². The number of amides is 2. The van der Waals surface area contributed by atoms with Crippen molar-refractivity contribution in [1.82, 2.24) is 24.8 Å². The van der Waals surface area contributed by atoms with E-state index in [-0.39, 0.29) is 30.7 Å². The van der Waals surface area contributed by atoms with Gasteiger partial charge in [0, 0.05) is 44.7 Å². The number of pyridine rings is 1. The summed E-state index contributed by atoms with van der Waals surface area (Å²) in [7, 11) is 0. The standard InChI is InChI=1S/C22H26N6O2/c29-20(9-10-21(30)24-22-26-25-19-8-4-5-13-28(19)22)23-18-11-14-27(15-12-18)16-17-6-2-1-3-7-17/h1-8,13,18H,9-12,14-16H2,(H,23,29)(H,24,26,30). The molecule has 0 saturated carbocycles. The maximum absolute atomic E-state index is 12.3. The van der Waals surface area contributed by atoms with Gasteiger partial charge in [-0.15, -0.1) is 10.2 Å². The third kappa shape index (κ3) is 5.21.